The van der Waals surface area contributed by atoms with E-state index in [-0.39, 0.29) is 6.04 Å². The number of nitrogens with two attached hydrogens (primary N) is 1. The van der Waals surface area contributed by atoms with Crippen molar-refractivity contribution in [1.29, 1.82) is 0 Å². The van der Waals surface area contributed by atoms with Gasteiger partial charge in [0.1, 0.15) is 12.4 Å². The first kappa shape index (κ1) is 13.5. The maximum atomic E-state index is 6.17. The van der Waals surface area contributed by atoms with Gasteiger partial charge in [-0.05, 0) is 54.2 Å². The van der Waals surface area contributed by atoms with Crippen LogP contribution in [0.15, 0.2) is 48.5 Å². The Kier molecular flexibility index (Phi) is 3.95. The number of ether oxygens (including phenoxy) is 1. The molecule has 104 valence electrons. The van der Waals surface area contributed by atoms with Crippen molar-refractivity contribution in [3.05, 3.63) is 64.7 Å². The molecule has 0 heterocycles. The Morgan fingerprint density at radius 3 is 2.65 bits per heavy atom. The predicted molar refractivity (Wildman–Crippen MR) is 82.4 cm³/mol. The number of hydrogen-bond donors (Lipinski definition) is 1. The highest BCUT2D eigenvalue weighted by molar-refractivity contribution is 6.30. The van der Waals surface area contributed by atoms with E-state index in [0.29, 0.717) is 17.5 Å². The van der Waals surface area contributed by atoms with Gasteiger partial charge in [0.05, 0.1) is 0 Å². The van der Waals surface area contributed by atoms with Crippen LogP contribution in [-0.4, -0.2) is 12.6 Å². The second-order valence-electron chi connectivity index (χ2n) is 5.36. The molecule has 2 unspecified atom stereocenters. The molecule has 20 heavy (non-hydrogen) atoms. The fourth-order valence-corrected chi connectivity index (χ4v) is 2.87. The van der Waals surface area contributed by atoms with Gasteiger partial charge in [0.2, 0.25) is 0 Å². The molecule has 2 aromatic rings. The van der Waals surface area contributed by atoms with Crippen molar-refractivity contribution >= 4 is 11.6 Å². The van der Waals surface area contributed by atoms with Gasteiger partial charge in [-0.25, -0.2) is 0 Å². The maximum Gasteiger partial charge on any atom is 0.119 e. The zero-order valence-electron chi connectivity index (χ0n) is 11.3. The summed E-state index contributed by atoms with van der Waals surface area (Å²) in [6.07, 6.45) is 2.12. The molecular formula is C17H18ClNO. The third-order valence-corrected chi connectivity index (χ3v) is 4.08. The largest absolute Gasteiger partial charge is 0.492 e. The average molecular weight is 288 g/mol. The standard InChI is InChI=1S/C17H18ClNO/c18-14-5-7-16(8-6-14)20-11-15(19)10-13-9-12-3-1-2-4-17(12)13/h1-8,13,15H,9-11,19H2. The summed E-state index contributed by atoms with van der Waals surface area (Å²) in [6.45, 7) is 0.542. The van der Waals surface area contributed by atoms with Gasteiger partial charge in [0.15, 0.2) is 0 Å². The van der Waals surface area contributed by atoms with Gasteiger partial charge in [0.25, 0.3) is 0 Å². The first-order chi connectivity index (χ1) is 9.72. The third-order valence-electron chi connectivity index (χ3n) is 3.83. The van der Waals surface area contributed by atoms with Crippen LogP contribution < -0.4 is 10.5 Å². The Hall–Kier alpha value is -1.51. The van der Waals surface area contributed by atoms with Gasteiger partial charge in [0, 0.05) is 11.1 Å². The van der Waals surface area contributed by atoms with E-state index >= 15 is 0 Å². The van der Waals surface area contributed by atoms with Crippen molar-refractivity contribution in [2.24, 2.45) is 5.73 Å². The Bertz CT molecular complexity index is 582. The molecule has 2 N–H and O–H groups in total. The Morgan fingerprint density at radius 2 is 1.90 bits per heavy atom. The zero-order valence-corrected chi connectivity index (χ0v) is 12.0. The molecular weight excluding hydrogens is 270 g/mol. The predicted octanol–water partition coefficient (Wildman–Crippen LogP) is 3.78. The van der Waals surface area contributed by atoms with E-state index < -0.39 is 0 Å². The van der Waals surface area contributed by atoms with Gasteiger partial charge < -0.3 is 10.5 Å². The SMILES string of the molecule is NC(COc1ccc(Cl)cc1)CC1Cc2ccccc21. The van der Waals surface area contributed by atoms with Crippen LogP contribution in [0, 0.1) is 0 Å². The summed E-state index contributed by atoms with van der Waals surface area (Å²) in [6, 6.07) is 16.0. The van der Waals surface area contributed by atoms with Crippen molar-refractivity contribution in [2.45, 2.75) is 24.8 Å². The van der Waals surface area contributed by atoms with Crippen molar-refractivity contribution < 1.29 is 4.74 Å². The number of hydrogen-bond acceptors (Lipinski definition) is 2. The van der Waals surface area contributed by atoms with Crippen molar-refractivity contribution in [2.75, 3.05) is 6.61 Å². The second-order valence-corrected chi connectivity index (χ2v) is 5.80. The minimum Gasteiger partial charge on any atom is -0.492 e. The lowest BCUT2D eigenvalue weighted by molar-refractivity contribution is 0.272. The highest BCUT2D eigenvalue weighted by Gasteiger charge is 2.26. The van der Waals surface area contributed by atoms with Crippen LogP contribution >= 0.6 is 11.6 Å². The first-order valence-electron chi connectivity index (χ1n) is 6.94. The molecule has 2 aromatic carbocycles. The normalized spacial score (nSPS) is 18.0. The Morgan fingerprint density at radius 1 is 1.15 bits per heavy atom. The number of fused-ring (bicyclic) bond motifs is 1. The van der Waals surface area contributed by atoms with E-state index in [1.807, 2.05) is 24.3 Å². The quantitative estimate of drug-likeness (QED) is 0.908. The zero-order chi connectivity index (χ0) is 13.9. The molecule has 0 fully saturated rings. The molecule has 0 bridgehead atoms. The number of halogens is 1. The van der Waals surface area contributed by atoms with Crippen molar-refractivity contribution in [3.8, 4) is 5.75 Å². The first-order valence-corrected chi connectivity index (χ1v) is 7.32. The minimum atomic E-state index is 0.0593. The highest BCUT2D eigenvalue weighted by atomic mass is 35.5. The lowest BCUT2D eigenvalue weighted by Gasteiger charge is -2.32. The molecule has 0 amide bonds. The van der Waals surface area contributed by atoms with E-state index in [1.165, 1.54) is 11.1 Å². The van der Waals surface area contributed by atoms with Crippen LogP contribution in [0.4, 0.5) is 0 Å². The molecule has 1 aliphatic carbocycles. The summed E-state index contributed by atoms with van der Waals surface area (Å²) < 4.78 is 5.70. The van der Waals surface area contributed by atoms with Gasteiger partial charge in [-0.15, -0.1) is 0 Å². The fourth-order valence-electron chi connectivity index (χ4n) is 2.74. The van der Waals surface area contributed by atoms with Crippen LogP contribution in [0.2, 0.25) is 5.02 Å². The second kappa shape index (κ2) is 5.86. The topological polar surface area (TPSA) is 35.2 Å². The molecule has 1 aliphatic rings. The molecule has 0 aromatic heterocycles. The summed E-state index contributed by atoms with van der Waals surface area (Å²) in [4.78, 5) is 0. The van der Waals surface area contributed by atoms with Crippen LogP contribution in [0.5, 0.6) is 5.75 Å². The van der Waals surface area contributed by atoms with Gasteiger partial charge in [-0.1, -0.05) is 35.9 Å². The molecule has 0 spiro atoms. The lowest BCUT2D eigenvalue weighted by Crippen LogP contribution is -2.32. The Balaban J connectivity index is 1.49. The van der Waals surface area contributed by atoms with Crippen molar-refractivity contribution in [3.63, 3.8) is 0 Å². The van der Waals surface area contributed by atoms with Crippen LogP contribution in [0.3, 0.4) is 0 Å². The molecule has 3 heteroatoms. The Labute approximate surface area is 124 Å². The average Bonchev–Trinajstić information content (AvgIpc) is 2.44. The fraction of sp³-hybridized carbons (Fsp3) is 0.294. The number of benzene rings is 2. The van der Waals surface area contributed by atoms with Crippen molar-refractivity contribution in [1.82, 2.24) is 0 Å². The number of rotatable bonds is 5. The van der Waals surface area contributed by atoms with E-state index in [0.717, 1.165) is 18.6 Å². The lowest BCUT2D eigenvalue weighted by atomic mass is 9.74. The molecule has 0 saturated carbocycles. The monoisotopic (exact) mass is 287 g/mol. The smallest absolute Gasteiger partial charge is 0.119 e. The summed E-state index contributed by atoms with van der Waals surface area (Å²) in [7, 11) is 0. The minimum absolute atomic E-state index is 0.0593. The van der Waals surface area contributed by atoms with Crippen LogP contribution in [0.1, 0.15) is 23.5 Å². The summed E-state index contributed by atoms with van der Waals surface area (Å²) in [5, 5.41) is 0.715. The summed E-state index contributed by atoms with van der Waals surface area (Å²) >= 11 is 5.84. The van der Waals surface area contributed by atoms with Gasteiger partial charge >= 0.3 is 0 Å². The highest BCUT2D eigenvalue weighted by Crippen LogP contribution is 2.37. The maximum absolute atomic E-state index is 6.17. The third kappa shape index (κ3) is 2.97. The van der Waals surface area contributed by atoms with E-state index in [4.69, 9.17) is 22.1 Å². The molecule has 2 atom stereocenters. The van der Waals surface area contributed by atoms with Crippen LogP contribution in [-0.2, 0) is 6.42 Å². The summed E-state index contributed by atoms with van der Waals surface area (Å²) in [5.74, 6) is 1.41. The molecule has 0 aliphatic heterocycles. The van der Waals surface area contributed by atoms with Gasteiger partial charge in [-0.2, -0.15) is 0 Å². The molecule has 0 radical (unpaired) electrons. The summed E-state index contributed by atoms with van der Waals surface area (Å²) in [5.41, 5.74) is 9.08. The van der Waals surface area contributed by atoms with Gasteiger partial charge in [-0.3, -0.25) is 0 Å². The van der Waals surface area contributed by atoms with Crippen LogP contribution in [0.25, 0.3) is 0 Å². The van der Waals surface area contributed by atoms with E-state index in [9.17, 15) is 0 Å². The van der Waals surface area contributed by atoms with E-state index in [2.05, 4.69) is 24.3 Å². The molecule has 2 nitrogen and oxygen atoms in total. The molecule has 0 saturated heterocycles. The molecule has 3 rings (SSSR count). The van der Waals surface area contributed by atoms with E-state index in [1.54, 1.807) is 0 Å².